The Bertz CT molecular complexity index is 223. The van der Waals surface area contributed by atoms with E-state index < -0.39 is 0 Å². The third-order valence-electron chi connectivity index (χ3n) is 3.13. The Labute approximate surface area is 111 Å². The Hall–Kier alpha value is -0.810. The van der Waals surface area contributed by atoms with Gasteiger partial charge in [0.1, 0.15) is 0 Å². The fraction of sp³-hybridized carbons (Fsp3) is 0.923. The van der Waals surface area contributed by atoms with Crippen molar-refractivity contribution in [2.45, 2.75) is 52.6 Å². The molecule has 0 rings (SSSR count). The number of carbonyl (C=O) groups is 1. The van der Waals surface area contributed by atoms with Gasteiger partial charge in [-0.3, -0.25) is 4.90 Å². The average molecular weight is 258 g/mol. The molecule has 0 aliphatic rings. The molecule has 0 aromatic heterocycles. The van der Waals surface area contributed by atoms with E-state index in [1.165, 1.54) is 0 Å². The summed E-state index contributed by atoms with van der Waals surface area (Å²) >= 11 is 0. The summed E-state index contributed by atoms with van der Waals surface area (Å²) in [5, 5.41) is 0. The highest BCUT2D eigenvalue weighted by Crippen LogP contribution is 2.07. The monoisotopic (exact) mass is 258 g/mol. The number of hydrogen-bond acceptors (Lipinski definition) is 3. The Balaban J connectivity index is 3.92. The Morgan fingerprint density at radius 3 is 1.89 bits per heavy atom. The summed E-state index contributed by atoms with van der Waals surface area (Å²) < 4.78 is 0. The predicted octanol–water partition coefficient (Wildman–Crippen LogP) is 1.22. The number of amides is 2. The quantitative estimate of drug-likeness (QED) is 0.611. The number of unbranched alkanes of at least 4 members (excludes halogenated alkanes) is 1. The molecule has 4 N–H and O–H groups in total. The molecule has 0 unspecified atom stereocenters. The van der Waals surface area contributed by atoms with Crippen LogP contribution < -0.4 is 11.5 Å². The molecular formula is C13H30N4O. The van der Waals surface area contributed by atoms with Crippen LogP contribution in [-0.2, 0) is 0 Å². The first-order valence-electron chi connectivity index (χ1n) is 6.90. The first-order valence-corrected chi connectivity index (χ1v) is 6.90. The largest absolute Gasteiger partial charge is 0.351 e. The van der Waals surface area contributed by atoms with E-state index in [9.17, 15) is 4.79 Å². The number of hydrogen-bond donors (Lipinski definition) is 2. The van der Waals surface area contributed by atoms with Crippen molar-refractivity contribution in [2.24, 2.45) is 11.5 Å². The number of urea groups is 1. The molecule has 0 bridgehead atoms. The zero-order valence-corrected chi connectivity index (χ0v) is 12.4. The van der Waals surface area contributed by atoms with Crippen LogP contribution in [0.1, 0.15) is 40.5 Å². The molecule has 0 saturated heterocycles. The standard InChI is InChI=1S/C13H30N4O/c1-11(2)17(12(3)4)9-6-5-8-16(10-7-14)13(15)18/h11-12H,5-10,14H2,1-4H3,(H2,15,18). The first kappa shape index (κ1) is 17.2. The van der Waals surface area contributed by atoms with E-state index in [-0.39, 0.29) is 6.03 Å². The van der Waals surface area contributed by atoms with Crippen LogP contribution in [-0.4, -0.2) is 54.1 Å². The molecule has 5 heteroatoms. The van der Waals surface area contributed by atoms with Crippen molar-refractivity contribution in [1.29, 1.82) is 0 Å². The molecule has 0 saturated carbocycles. The summed E-state index contributed by atoms with van der Waals surface area (Å²) in [7, 11) is 0. The minimum Gasteiger partial charge on any atom is -0.351 e. The van der Waals surface area contributed by atoms with Crippen LogP contribution in [0, 0.1) is 0 Å². The molecule has 0 spiro atoms. The lowest BCUT2D eigenvalue weighted by Crippen LogP contribution is -2.40. The smallest absolute Gasteiger partial charge is 0.314 e. The predicted molar refractivity (Wildman–Crippen MR) is 76.4 cm³/mol. The topological polar surface area (TPSA) is 75.6 Å². The molecule has 2 amide bonds. The lowest BCUT2D eigenvalue weighted by atomic mass is 10.2. The summed E-state index contributed by atoms with van der Waals surface area (Å²) in [6, 6.07) is 0.743. The van der Waals surface area contributed by atoms with E-state index in [0.717, 1.165) is 19.4 Å². The molecular weight excluding hydrogens is 228 g/mol. The van der Waals surface area contributed by atoms with Crippen LogP contribution >= 0.6 is 0 Å². The summed E-state index contributed by atoms with van der Waals surface area (Å²) in [6.07, 6.45) is 2.05. The molecule has 0 aliphatic carbocycles. The Morgan fingerprint density at radius 2 is 1.50 bits per heavy atom. The summed E-state index contributed by atoms with van der Waals surface area (Å²) in [5.41, 5.74) is 10.7. The molecule has 0 fully saturated rings. The number of nitrogens with two attached hydrogens (primary N) is 2. The van der Waals surface area contributed by atoms with Crippen LogP contribution in [0.2, 0.25) is 0 Å². The van der Waals surface area contributed by atoms with Gasteiger partial charge in [-0.25, -0.2) is 4.79 Å². The average Bonchev–Trinajstić information content (AvgIpc) is 2.25. The van der Waals surface area contributed by atoms with E-state index in [1.54, 1.807) is 4.90 Å². The van der Waals surface area contributed by atoms with Gasteiger partial charge in [0, 0.05) is 31.7 Å². The Kier molecular flexibility index (Phi) is 8.75. The third-order valence-corrected chi connectivity index (χ3v) is 3.13. The number of carbonyl (C=O) groups excluding carboxylic acids is 1. The molecule has 0 radical (unpaired) electrons. The zero-order valence-electron chi connectivity index (χ0n) is 12.4. The second-order valence-corrected chi connectivity index (χ2v) is 5.25. The number of rotatable bonds is 9. The molecule has 0 aromatic carbocycles. The van der Waals surface area contributed by atoms with Gasteiger partial charge in [-0.2, -0.15) is 0 Å². The lowest BCUT2D eigenvalue weighted by molar-refractivity contribution is 0.167. The highest BCUT2D eigenvalue weighted by molar-refractivity contribution is 5.71. The maximum absolute atomic E-state index is 11.1. The van der Waals surface area contributed by atoms with Crippen LogP contribution in [0.25, 0.3) is 0 Å². The maximum Gasteiger partial charge on any atom is 0.314 e. The summed E-state index contributed by atoms with van der Waals surface area (Å²) in [6.45, 7) is 11.6. The molecule has 0 aromatic rings. The van der Waals surface area contributed by atoms with Gasteiger partial charge < -0.3 is 16.4 Å². The fourth-order valence-electron chi connectivity index (χ4n) is 2.20. The lowest BCUT2D eigenvalue weighted by Gasteiger charge is -2.30. The van der Waals surface area contributed by atoms with E-state index >= 15 is 0 Å². The van der Waals surface area contributed by atoms with Crippen molar-refractivity contribution in [3.05, 3.63) is 0 Å². The van der Waals surface area contributed by atoms with Gasteiger partial charge in [0.25, 0.3) is 0 Å². The highest BCUT2D eigenvalue weighted by atomic mass is 16.2. The van der Waals surface area contributed by atoms with Crippen LogP contribution in [0.3, 0.4) is 0 Å². The maximum atomic E-state index is 11.1. The normalized spacial score (nSPS) is 11.6. The van der Waals surface area contributed by atoms with Crippen molar-refractivity contribution in [3.8, 4) is 0 Å². The minimum absolute atomic E-state index is 0.370. The van der Waals surface area contributed by atoms with E-state index in [2.05, 4.69) is 32.6 Å². The van der Waals surface area contributed by atoms with E-state index in [4.69, 9.17) is 11.5 Å². The molecule has 5 nitrogen and oxygen atoms in total. The van der Waals surface area contributed by atoms with Gasteiger partial charge in [0.05, 0.1) is 0 Å². The second kappa shape index (κ2) is 9.16. The molecule has 108 valence electrons. The SMILES string of the molecule is CC(C)N(CCCCN(CCN)C(N)=O)C(C)C. The number of nitrogens with zero attached hydrogens (tertiary/aromatic N) is 2. The van der Waals surface area contributed by atoms with Gasteiger partial charge in [0.15, 0.2) is 0 Å². The van der Waals surface area contributed by atoms with Crippen molar-refractivity contribution >= 4 is 6.03 Å². The number of primary amides is 1. The van der Waals surface area contributed by atoms with Gasteiger partial charge in [-0.05, 0) is 47.1 Å². The van der Waals surface area contributed by atoms with Crippen molar-refractivity contribution < 1.29 is 4.79 Å². The van der Waals surface area contributed by atoms with Crippen molar-refractivity contribution in [2.75, 3.05) is 26.2 Å². The molecule has 0 aliphatic heterocycles. The Morgan fingerprint density at radius 1 is 1.00 bits per heavy atom. The van der Waals surface area contributed by atoms with Gasteiger partial charge >= 0.3 is 6.03 Å². The first-order chi connectivity index (χ1) is 8.40. The van der Waals surface area contributed by atoms with Crippen LogP contribution in [0.5, 0.6) is 0 Å². The van der Waals surface area contributed by atoms with Gasteiger partial charge in [-0.15, -0.1) is 0 Å². The van der Waals surface area contributed by atoms with Crippen molar-refractivity contribution in [1.82, 2.24) is 9.80 Å². The molecule has 18 heavy (non-hydrogen) atoms. The third kappa shape index (κ3) is 6.81. The van der Waals surface area contributed by atoms with Gasteiger partial charge in [-0.1, -0.05) is 0 Å². The zero-order chi connectivity index (χ0) is 14.1. The summed E-state index contributed by atoms with van der Waals surface area (Å²) in [4.78, 5) is 15.2. The van der Waals surface area contributed by atoms with Crippen LogP contribution in [0.4, 0.5) is 4.79 Å². The van der Waals surface area contributed by atoms with Crippen molar-refractivity contribution in [3.63, 3.8) is 0 Å². The van der Waals surface area contributed by atoms with E-state index in [1.807, 2.05) is 0 Å². The molecule has 0 heterocycles. The highest BCUT2D eigenvalue weighted by Gasteiger charge is 2.13. The van der Waals surface area contributed by atoms with Gasteiger partial charge in [0.2, 0.25) is 0 Å². The van der Waals surface area contributed by atoms with E-state index in [0.29, 0.717) is 31.7 Å². The minimum atomic E-state index is -0.370. The van der Waals surface area contributed by atoms with Crippen LogP contribution in [0.15, 0.2) is 0 Å². The fourth-order valence-corrected chi connectivity index (χ4v) is 2.20. The summed E-state index contributed by atoms with van der Waals surface area (Å²) in [5.74, 6) is 0. The second-order valence-electron chi connectivity index (χ2n) is 5.25. The molecule has 0 atom stereocenters.